The number of aliphatic hydroxyl groups excluding tert-OH is 1. The summed E-state index contributed by atoms with van der Waals surface area (Å²) >= 11 is 0. The fourth-order valence-electron chi connectivity index (χ4n) is 2.50. The Morgan fingerprint density at radius 2 is 1.83 bits per heavy atom. The van der Waals surface area contributed by atoms with E-state index < -0.39 is 11.7 Å². The maximum Gasteiger partial charge on any atom is 0.416 e. The zero-order valence-corrected chi connectivity index (χ0v) is 12.7. The van der Waals surface area contributed by atoms with Crippen molar-refractivity contribution < 1.29 is 18.3 Å². The van der Waals surface area contributed by atoms with E-state index in [9.17, 15) is 18.3 Å². The third-order valence-corrected chi connectivity index (χ3v) is 3.60. The molecule has 0 unspecified atom stereocenters. The average molecular weight is 333 g/mol. The monoisotopic (exact) mass is 333 g/mol. The molecule has 0 aliphatic heterocycles. The van der Waals surface area contributed by atoms with Crippen LogP contribution >= 0.6 is 0 Å². The number of rotatable bonds is 3. The van der Waals surface area contributed by atoms with Crippen molar-refractivity contribution in [1.82, 2.24) is 15.0 Å². The van der Waals surface area contributed by atoms with Crippen molar-refractivity contribution in [3.05, 3.63) is 65.4 Å². The Labute approximate surface area is 136 Å². The first-order chi connectivity index (χ1) is 11.4. The number of benzene rings is 2. The summed E-state index contributed by atoms with van der Waals surface area (Å²) in [6.45, 7) is 1.54. The highest BCUT2D eigenvalue weighted by Crippen LogP contribution is 2.32. The highest BCUT2D eigenvalue weighted by Gasteiger charge is 2.31. The van der Waals surface area contributed by atoms with Gasteiger partial charge in [-0.2, -0.15) is 13.2 Å². The molecule has 4 nitrogen and oxygen atoms in total. The van der Waals surface area contributed by atoms with Gasteiger partial charge in [0.15, 0.2) is 0 Å². The molecule has 0 amide bonds. The number of aromatic nitrogens is 3. The predicted octanol–water partition coefficient (Wildman–Crippen LogP) is 3.75. The van der Waals surface area contributed by atoms with Crippen LogP contribution in [-0.4, -0.2) is 20.1 Å². The summed E-state index contributed by atoms with van der Waals surface area (Å²) in [6.07, 6.45) is -4.44. The molecular formula is C17H14F3N3O. The Bertz CT molecular complexity index is 872. The van der Waals surface area contributed by atoms with Gasteiger partial charge in [0.25, 0.3) is 0 Å². The molecule has 0 saturated heterocycles. The van der Waals surface area contributed by atoms with Gasteiger partial charge in [0.1, 0.15) is 11.4 Å². The molecule has 7 heteroatoms. The van der Waals surface area contributed by atoms with Gasteiger partial charge in [-0.1, -0.05) is 35.0 Å². The standard InChI is InChI=1S/C17H14F3N3O/c1-11-4-2-5-12(8-11)16-15(10-24)21-22-23(16)14-7-3-6-13(9-14)17(18,19)20/h2-9,24H,10H2,1H3. The normalized spacial score (nSPS) is 11.7. The first-order valence-electron chi connectivity index (χ1n) is 7.20. The zero-order valence-electron chi connectivity index (χ0n) is 12.7. The van der Waals surface area contributed by atoms with Crippen LogP contribution in [0.1, 0.15) is 16.8 Å². The topological polar surface area (TPSA) is 50.9 Å². The molecule has 1 heterocycles. The molecular weight excluding hydrogens is 319 g/mol. The molecule has 1 aromatic heterocycles. The molecule has 3 rings (SSSR count). The van der Waals surface area contributed by atoms with Gasteiger partial charge in [-0.15, -0.1) is 5.10 Å². The number of hydrogen-bond acceptors (Lipinski definition) is 3. The second kappa shape index (κ2) is 6.09. The minimum absolute atomic E-state index is 0.230. The molecule has 0 fully saturated rings. The van der Waals surface area contributed by atoms with Gasteiger partial charge < -0.3 is 5.11 Å². The molecule has 3 aromatic rings. The van der Waals surface area contributed by atoms with E-state index in [4.69, 9.17) is 0 Å². The number of aryl methyl sites for hydroxylation is 1. The van der Waals surface area contributed by atoms with Crippen molar-refractivity contribution in [3.63, 3.8) is 0 Å². The number of nitrogens with zero attached hydrogens (tertiary/aromatic N) is 3. The minimum atomic E-state index is -4.44. The Balaban J connectivity index is 2.18. The fourth-order valence-corrected chi connectivity index (χ4v) is 2.50. The number of hydrogen-bond donors (Lipinski definition) is 1. The van der Waals surface area contributed by atoms with E-state index in [0.29, 0.717) is 11.4 Å². The molecule has 0 saturated carbocycles. The summed E-state index contributed by atoms with van der Waals surface area (Å²) in [6, 6.07) is 12.2. The molecule has 24 heavy (non-hydrogen) atoms. The molecule has 0 spiro atoms. The minimum Gasteiger partial charge on any atom is -0.390 e. The maximum atomic E-state index is 12.9. The van der Waals surface area contributed by atoms with E-state index in [1.165, 1.54) is 16.8 Å². The van der Waals surface area contributed by atoms with Crippen LogP contribution in [0.3, 0.4) is 0 Å². The first kappa shape index (κ1) is 16.2. The summed E-state index contributed by atoms with van der Waals surface area (Å²) in [5, 5.41) is 17.3. The number of aliphatic hydroxyl groups is 1. The van der Waals surface area contributed by atoms with Crippen LogP contribution in [0.4, 0.5) is 13.2 Å². The van der Waals surface area contributed by atoms with Crippen LogP contribution in [0.25, 0.3) is 16.9 Å². The summed E-state index contributed by atoms with van der Waals surface area (Å²) in [7, 11) is 0. The fraction of sp³-hybridized carbons (Fsp3) is 0.176. The second-order valence-corrected chi connectivity index (χ2v) is 5.37. The summed E-state index contributed by atoms with van der Waals surface area (Å²) in [5.74, 6) is 0. The van der Waals surface area contributed by atoms with E-state index in [0.717, 1.165) is 23.3 Å². The van der Waals surface area contributed by atoms with Crippen LogP contribution < -0.4 is 0 Å². The van der Waals surface area contributed by atoms with E-state index in [1.54, 1.807) is 6.07 Å². The number of alkyl halides is 3. The van der Waals surface area contributed by atoms with Gasteiger partial charge in [-0.05, 0) is 31.2 Å². The molecule has 0 aliphatic rings. The van der Waals surface area contributed by atoms with Gasteiger partial charge in [-0.25, -0.2) is 4.68 Å². The zero-order chi connectivity index (χ0) is 17.3. The molecule has 124 valence electrons. The van der Waals surface area contributed by atoms with Gasteiger partial charge in [0.05, 0.1) is 17.9 Å². The van der Waals surface area contributed by atoms with Gasteiger partial charge in [0.2, 0.25) is 0 Å². The quantitative estimate of drug-likeness (QED) is 0.794. The van der Waals surface area contributed by atoms with E-state index in [2.05, 4.69) is 10.3 Å². The van der Waals surface area contributed by atoms with Crippen molar-refractivity contribution in [2.24, 2.45) is 0 Å². The molecule has 0 radical (unpaired) electrons. The van der Waals surface area contributed by atoms with Crippen LogP contribution in [0.15, 0.2) is 48.5 Å². The Kier molecular flexibility index (Phi) is 4.11. The van der Waals surface area contributed by atoms with Crippen molar-refractivity contribution in [2.75, 3.05) is 0 Å². The molecule has 1 N–H and O–H groups in total. The molecule has 0 bridgehead atoms. The lowest BCUT2D eigenvalue weighted by Gasteiger charge is -2.11. The first-order valence-corrected chi connectivity index (χ1v) is 7.20. The Hall–Kier alpha value is -2.67. The largest absolute Gasteiger partial charge is 0.416 e. The lowest BCUT2D eigenvalue weighted by molar-refractivity contribution is -0.137. The van der Waals surface area contributed by atoms with E-state index in [-0.39, 0.29) is 12.3 Å². The van der Waals surface area contributed by atoms with Crippen LogP contribution in [0.2, 0.25) is 0 Å². The van der Waals surface area contributed by atoms with Crippen LogP contribution in [0.5, 0.6) is 0 Å². The SMILES string of the molecule is Cc1cccc(-c2c(CO)nnn2-c2cccc(C(F)(F)F)c2)c1. The second-order valence-electron chi connectivity index (χ2n) is 5.37. The van der Waals surface area contributed by atoms with Crippen molar-refractivity contribution in [3.8, 4) is 16.9 Å². The van der Waals surface area contributed by atoms with Crippen LogP contribution in [0, 0.1) is 6.92 Å². The van der Waals surface area contributed by atoms with Crippen molar-refractivity contribution in [1.29, 1.82) is 0 Å². The van der Waals surface area contributed by atoms with Crippen LogP contribution in [-0.2, 0) is 12.8 Å². The van der Waals surface area contributed by atoms with Gasteiger partial charge in [-0.3, -0.25) is 0 Å². The van der Waals surface area contributed by atoms with Gasteiger partial charge in [0, 0.05) is 5.56 Å². The highest BCUT2D eigenvalue weighted by atomic mass is 19.4. The number of halogens is 3. The third kappa shape index (κ3) is 3.03. The summed E-state index contributed by atoms with van der Waals surface area (Å²) < 4.78 is 40.2. The molecule has 0 atom stereocenters. The van der Waals surface area contributed by atoms with Crippen molar-refractivity contribution >= 4 is 0 Å². The summed E-state index contributed by atoms with van der Waals surface area (Å²) in [4.78, 5) is 0. The highest BCUT2D eigenvalue weighted by molar-refractivity contribution is 5.65. The third-order valence-electron chi connectivity index (χ3n) is 3.60. The van der Waals surface area contributed by atoms with Gasteiger partial charge >= 0.3 is 6.18 Å². The molecule has 0 aliphatic carbocycles. The van der Waals surface area contributed by atoms with E-state index in [1.807, 2.05) is 25.1 Å². The molecule has 2 aromatic carbocycles. The predicted molar refractivity (Wildman–Crippen MR) is 82.5 cm³/mol. The van der Waals surface area contributed by atoms with Crippen molar-refractivity contribution in [2.45, 2.75) is 19.7 Å². The Morgan fingerprint density at radius 3 is 2.50 bits per heavy atom. The maximum absolute atomic E-state index is 12.9. The lowest BCUT2D eigenvalue weighted by Crippen LogP contribution is -2.07. The van der Waals surface area contributed by atoms with E-state index >= 15 is 0 Å². The Morgan fingerprint density at radius 1 is 1.08 bits per heavy atom. The summed E-state index contributed by atoms with van der Waals surface area (Å²) in [5.41, 5.74) is 1.94. The average Bonchev–Trinajstić information content (AvgIpc) is 2.98. The smallest absolute Gasteiger partial charge is 0.390 e. The lowest BCUT2D eigenvalue weighted by atomic mass is 10.1.